The lowest BCUT2D eigenvalue weighted by Gasteiger charge is -2.27. The highest BCUT2D eigenvalue weighted by atomic mass is 32.2. The van der Waals surface area contributed by atoms with Crippen molar-refractivity contribution < 1.29 is 8.95 Å². The third-order valence-electron chi connectivity index (χ3n) is 4.24. The Bertz CT molecular complexity index is 1120. The fraction of sp³-hybridized carbons (Fsp3) is 0. The van der Waals surface area contributed by atoms with Crippen molar-refractivity contribution in [2.45, 2.75) is 9.79 Å². The Hall–Kier alpha value is -2.85. The van der Waals surface area contributed by atoms with Crippen molar-refractivity contribution in [2.75, 3.05) is 0 Å². The number of para-hydroxylation sites is 1. The van der Waals surface area contributed by atoms with E-state index in [1.807, 2.05) is 78.9 Å². The Morgan fingerprint density at radius 3 is 2.42 bits per heavy atom. The van der Waals surface area contributed by atoms with E-state index in [1.165, 1.54) is 0 Å². The summed E-state index contributed by atoms with van der Waals surface area (Å²) in [5, 5.41) is 0. The van der Waals surface area contributed by atoms with Crippen LogP contribution in [0.15, 0.2) is 87.0 Å². The molecule has 0 fully saturated rings. The van der Waals surface area contributed by atoms with Crippen molar-refractivity contribution in [1.29, 1.82) is 0 Å². The van der Waals surface area contributed by atoms with Crippen molar-refractivity contribution >= 4 is 21.5 Å². The van der Waals surface area contributed by atoms with Gasteiger partial charge in [-0.05, 0) is 29.8 Å². The summed E-state index contributed by atoms with van der Waals surface area (Å²) in [4.78, 5) is 1.33. The normalized spacial score (nSPS) is 20.1. The molecule has 3 nitrogen and oxygen atoms in total. The zero-order valence-electron chi connectivity index (χ0n) is 12.7. The van der Waals surface area contributed by atoms with Crippen LogP contribution in [-0.4, -0.2) is 4.21 Å². The van der Waals surface area contributed by atoms with E-state index in [-0.39, 0.29) is 0 Å². The predicted octanol–water partition coefficient (Wildman–Crippen LogP) is 5.19. The van der Waals surface area contributed by atoms with Crippen LogP contribution in [0.25, 0.3) is 11.8 Å². The number of hydrogen-bond acceptors (Lipinski definition) is 3. The lowest BCUT2D eigenvalue weighted by Crippen LogP contribution is -2.14. The molecule has 0 saturated heterocycles. The Balaban J connectivity index is 1.89. The summed E-state index contributed by atoms with van der Waals surface area (Å²) in [7, 11) is -2.76. The van der Waals surface area contributed by atoms with E-state index in [2.05, 4.69) is 0 Å². The number of ether oxygens (including phenoxy) is 1. The molecule has 0 radical (unpaired) electrons. The highest BCUT2D eigenvalue weighted by Crippen LogP contribution is 2.48. The topological polar surface area (TPSA) is 38.7 Å². The highest BCUT2D eigenvalue weighted by Gasteiger charge is 2.34. The van der Waals surface area contributed by atoms with E-state index in [0.717, 1.165) is 16.8 Å². The molecule has 0 aliphatic carbocycles. The molecule has 2 aliphatic heterocycles. The highest BCUT2D eigenvalue weighted by molar-refractivity contribution is 7.94. The lowest BCUT2D eigenvalue weighted by atomic mass is 10.1. The van der Waals surface area contributed by atoms with Gasteiger partial charge in [0.05, 0.1) is 10.6 Å². The molecular formula is C20H13NO2S. The zero-order chi connectivity index (χ0) is 16.1. The van der Waals surface area contributed by atoms with Crippen LogP contribution in [0.4, 0.5) is 0 Å². The second kappa shape index (κ2) is 4.82. The predicted molar refractivity (Wildman–Crippen MR) is 94.4 cm³/mol. The summed E-state index contributed by atoms with van der Waals surface area (Å²) in [5.74, 6) is 1.24. The second-order valence-electron chi connectivity index (χ2n) is 5.74. The van der Waals surface area contributed by atoms with Crippen LogP contribution in [0.5, 0.6) is 11.5 Å². The van der Waals surface area contributed by atoms with Crippen LogP contribution in [0, 0.1) is 0 Å². The maximum Gasteiger partial charge on any atom is 0.145 e. The van der Waals surface area contributed by atoms with E-state index in [9.17, 15) is 4.21 Å². The average molecular weight is 331 g/mol. The maximum absolute atomic E-state index is 14.0. The molecule has 2 aliphatic rings. The first-order valence-corrected chi connectivity index (χ1v) is 9.21. The standard InChI is InChI=1S/C20H13NO2S/c22-24-19-12-5-4-10-17(19)23-18-11-6-9-15(20(18)24)13-16(21-24)14-7-2-1-3-8-14/h1-13H. The first-order chi connectivity index (χ1) is 11.8. The molecule has 1 atom stereocenters. The number of nitrogens with zero attached hydrogens (tertiary/aromatic N) is 1. The van der Waals surface area contributed by atoms with Crippen molar-refractivity contribution in [3.05, 3.63) is 83.9 Å². The molecular weight excluding hydrogens is 318 g/mol. The van der Waals surface area contributed by atoms with Gasteiger partial charge in [-0.25, -0.2) is 4.21 Å². The second-order valence-corrected chi connectivity index (χ2v) is 7.82. The molecule has 3 aromatic rings. The zero-order valence-corrected chi connectivity index (χ0v) is 13.5. The number of hydrogen-bond donors (Lipinski definition) is 0. The third kappa shape index (κ3) is 1.80. The molecule has 0 aromatic heterocycles. The van der Waals surface area contributed by atoms with Crippen LogP contribution in [0.2, 0.25) is 0 Å². The molecule has 5 rings (SSSR count). The Kier molecular flexibility index (Phi) is 2.73. The van der Waals surface area contributed by atoms with Gasteiger partial charge in [0.2, 0.25) is 0 Å². The van der Waals surface area contributed by atoms with Gasteiger partial charge in [-0.15, -0.1) is 0 Å². The van der Waals surface area contributed by atoms with E-state index in [0.29, 0.717) is 21.3 Å². The van der Waals surface area contributed by atoms with Gasteiger partial charge in [0, 0.05) is 5.56 Å². The quantitative estimate of drug-likeness (QED) is 0.481. The number of fused-ring (bicyclic) bond motifs is 2. The molecule has 0 amide bonds. The molecule has 0 spiro atoms. The lowest BCUT2D eigenvalue weighted by molar-refractivity contribution is 0.449. The monoisotopic (exact) mass is 331 g/mol. The van der Waals surface area contributed by atoms with Crippen molar-refractivity contribution in [3.8, 4) is 11.5 Å². The van der Waals surface area contributed by atoms with Gasteiger partial charge >= 0.3 is 0 Å². The summed E-state index contributed by atoms with van der Waals surface area (Å²) in [5.41, 5.74) is 2.60. The van der Waals surface area contributed by atoms with Crippen LogP contribution in [0.1, 0.15) is 11.1 Å². The first-order valence-electron chi connectivity index (χ1n) is 7.70. The maximum atomic E-state index is 14.0. The van der Waals surface area contributed by atoms with Crippen LogP contribution in [0.3, 0.4) is 0 Å². The first kappa shape index (κ1) is 13.6. The minimum absolute atomic E-state index is 0.616. The van der Waals surface area contributed by atoms with Gasteiger partial charge in [0.1, 0.15) is 26.1 Å². The van der Waals surface area contributed by atoms with Gasteiger partial charge in [-0.3, -0.25) is 0 Å². The minimum Gasteiger partial charge on any atom is -0.455 e. The molecule has 0 N–H and O–H groups in total. The van der Waals surface area contributed by atoms with Gasteiger partial charge in [0.15, 0.2) is 0 Å². The molecule has 1 unspecified atom stereocenters. The van der Waals surface area contributed by atoms with E-state index < -0.39 is 9.73 Å². The Morgan fingerprint density at radius 1 is 0.792 bits per heavy atom. The van der Waals surface area contributed by atoms with Crippen molar-refractivity contribution in [3.63, 3.8) is 0 Å². The van der Waals surface area contributed by atoms with Gasteiger partial charge in [0.25, 0.3) is 0 Å². The van der Waals surface area contributed by atoms with E-state index in [1.54, 1.807) is 0 Å². The average Bonchev–Trinajstić information content (AvgIpc) is 2.62. The Morgan fingerprint density at radius 2 is 1.54 bits per heavy atom. The summed E-state index contributed by atoms with van der Waals surface area (Å²) in [6.07, 6.45) is 1.98. The van der Waals surface area contributed by atoms with Gasteiger partial charge < -0.3 is 4.74 Å². The molecule has 0 saturated carbocycles. The summed E-state index contributed by atoms with van der Waals surface area (Å²) >= 11 is 0. The van der Waals surface area contributed by atoms with Gasteiger partial charge in [-0.2, -0.15) is 4.36 Å². The molecule has 2 heterocycles. The molecule has 0 bridgehead atoms. The number of rotatable bonds is 1. The van der Waals surface area contributed by atoms with Crippen LogP contribution >= 0.6 is 0 Å². The van der Waals surface area contributed by atoms with Crippen LogP contribution < -0.4 is 4.74 Å². The fourth-order valence-corrected chi connectivity index (χ4v) is 5.49. The summed E-state index contributed by atoms with van der Waals surface area (Å²) in [6.45, 7) is 0. The molecule has 116 valence electrons. The van der Waals surface area contributed by atoms with E-state index >= 15 is 0 Å². The Labute approximate surface area is 140 Å². The minimum atomic E-state index is -2.76. The van der Waals surface area contributed by atoms with Gasteiger partial charge in [-0.1, -0.05) is 54.6 Å². The van der Waals surface area contributed by atoms with Crippen molar-refractivity contribution in [1.82, 2.24) is 0 Å². The SMILES string of the molecule is O=S12=NC(c3ccccc3)=Cc3cccc(c31)Oc1ccccc12. The smallest absolute Gasteiger partial charge is 0.145 e. The van der Waals surface area contributed by atoms with Crippen LogP contribution in [-0.2, 0) is 9.73 Å². The summed E-state index contributed by atoms with van der Waals surface area (Å²) < 4.78 is 24.7. The number of benzene rings is 3. The third-order valence-corrected chi connectivity index (χ3v) is 6.62. The fourth-order valence-electron chi connectivity index (χ4n) is 3.17. The summed E-state index contributed by atoms with van der Waals surface area (Å²) in [6, 6.07) is 23.0. The van der Waals surface area contributed by atoms with E-state index in [4.69, 9.17) is 9.10 Å². The molecule has 4 heteroatoms. The molecule has 24 heavy (non-hydrogen) atoms. The van der Waals surface area contributed by atoms with Crippen molar-refractivity contribution in [2.24, 2.45) is 4.36 Å². The largest absolute Gasteiger partial charge is 0.455 e. The molecule has 3 aromatic carbocycles.